The van der Waals surface area contributed by atoms with Crippen LogP contribution in [0.25, 0.3) is 128 Å². The molecule has 0 unspecified atom stereocenters. The summed E-state index contributed by atoms with van der Waals surface area (Å²) in [6.45, 7) is 0. The van der Waals surface area contributed by atoms with Crippen molar-refractivity contribution in [2.24, 2.45) is 0 Å². The SMILES string of the molecule is N#Cc1ccccc1-c1cc(-n2c3cc(-n4c5ccccc5c5ccccc54)ccc3c3ccc(-n4c5ccccc5c5ccccc54)cc32)ccc1-c1nc(-c2ccccc2)nc(-c2ccccc2)n1. The fraction of sp³-hybridized carbons (Fsp3) is 0. The third kappa shape index (κ3) is 6.40. The third-order valence-electron chi connectivity index (χ3n) is 14.0. The van der Waals surface area contributed by atoms with Gasteiger partial charge in [0.2, 0.25) is 0 Å². The van der Waals surface area contributed by atoms with Gasteiger partial charge in [-0.05, 0) is 78.4 Å². The molecule has 0 aliphatic rings. The van der Waals surface area contributed by atoms with Crippen molar-refractivity contribution in [3.63, 3.8) is 0 Å². The Morgan fingerprint density at radius 3 is 1.13 bits per heavy atom. The standard InChI is InChI=1S/C64H39N7/c65-40-43-21-7-8-22-47(43)55-37-44(33-36-54(55)64-67-62(41-17-3-1-4-18-41)66-63(68-64)42-19-5-2-6-20-42)71-60-38-45(69-56-27-13-9-23-48(56)49-24-10-14-28-57(49)69)31-34-52(60)53-35-32-46(39-61(53)71)70-58-29-15-11-25-50(58)51-26-12-16-30-59(51)70/h1-39H. The highest BCUT2D eigenvalue weighted by atomic mass is 15.0. The Hall–Kier alpha value is -9.90. The first-order chi connectivity index (χ1) is 35.2. The molecule has 14 rings (SSSR count). The van der Waals surface area contributed by atoms with Crippen LogP contribution in [0.2, 0.25) is 0 Å². The van der Waals surface area contributed by atoms with Crippen LogP contribution in [0.4, 0.5) is 0 Å². The Kier molecular flexibility index (Phi) is 9.13. The smallest absolute Gasteiger partial charge is 0.164 e. The second kappa shape index (κ2) is 16.1. The first kappa shape index (κ1) is 40.2. The van der Waals surface area contributed by atoms with Crippen LogP contribution in [0, 0.1) is 11.3 Å². The summed E-state index contributed by atoms with van der Waals surface area (Å²) in [5.74, 6) is 1.64. The molecule has 0 saturated carbocycles. The first-order valence-corrected chi connectivity index (χ1v) is 23.7. The van der Waals surface area contributed by atoms with E-state index in [1.165, 1.54) is 21.5 Å². The van der Waals surface area contributed by atoms with Crippen LogP contribution >= 0.6 is 0 Å². The van der Waals surface area contributed by atoms with Gasteiger partial charge < -0.3 is 13.7 Å². The predicted octanol–water partition coefficient (Wildman–Crippen LogP) is 15.7. The first-order valence-electron chi connectivity index (χ1n) is 23.7. The van der Waals surface area contributed by atoms with Crippen molar-refractivity contribution in [3.05, 3.63) is 242 Å². The number of fused-ring (bicyclic) bond motifs is 9. The Morgan fingerprint density at radius 1 is 0.282 bits per heavy atom. The molecule has 0 amide bonds. The molecule has 0 aliphatic carbocycles. The van der Waals surface area contributed by atoms with Crippen LogP contribution in [0.15, 0.2) is 237 Å². The van der Waals surface area contributed by atoms with Crippen LogP contribution in [-0.4, -0.2) is 28.7 Å². The summed E-state index contributed by atoms with van der Waals surface area (Å²) in [4.78, 5) is 15.4. The Labute approximate surface area is 408 Å². The minimum Gasteiger partial charge on any atom is -0.309 e. The van der Waals surface area contributed by atoms with Gasteiger partial charge in [-0.3, -0.25) is 0 Å². The largest absolute Gasteiger partial charge is 0.309 e. The number of nitriles is 1. The van der Waals surface area contributed by atoms with E-state index < -0.39 is 0 Å². The zero-order chi connectivity index (χ0) is 47.0. The van der Waals surface area contributed by atoms with Crippen molar-refractivity contribution in [2.75, 3.05) is 0 Å². The average molecular weight is 906 g/mol. The van der Waals surface area contributed by atoms with Crippen molar-refractivity contribution < 1.29 is 0 Å². The summed E-state index contributed by atoms with van der Waals surface area (Å²) in [6, 6.07) is 85.1. The fourth-order valence-corrected chi connectivity index (χ4v) is 10.8. The molecular weight excluding hydrogens is 867 g/mol. The van der Waals surface area contributed by atoms with Gasteiger partial charge in [0.1, 0.15) is 0 Å². The molecule has 0 radical (unpaired) electrons. The number of nitrogens with zero attached hydrogens (tertiary/aromatic N) is 7. The topological polar surface area (TPSA) is 77.2 Å². The fourth-order valence-electron chi connectivity index (χ4n) is 10.8. The summed E-state index contributed by atoms with van der Waals surface area (Å²) >= 11 is 0. The maximum absolute atomic E-state index is 10.7. The minimum absolute atomic E-state index is 0.511. The van der Waals surface area contributed by atoms with Crippen LogP contribution < -0.4 is 0 Å². The molecule has 0 aliphatic heterocycles. The van der Waals surface area contributed by atoms with Crippen LogP contribution in [0.5, 0.6) is 0 Å². The molecule has 330 valence electrons. The molecule has 0 N–H and O–H groups in total. The van der Waals surface area contributed by atoms with Gasteiger partial charge in [0.15, 0.2) is 17.5 Å². The van der Waals surface area contributed by atoms with E-state index in [9.17, 15) is 5.26 Å². The van der Waals surface area contributed by atoms with Crippen molar-refractivity contribution in [3.8, 4) is 68.4 Å². The van der Waals surface area contributed by atoms with E-state index in [1.54, 1.807) is 0 Å². The maximum Gasteiger partial charge on any atom is 0.164 e. The molecule has 4 aromatic heterocycles. The maximum atomic E-state index is 10.7. The van der Waals surface area contributed by atoms with E-state index in [1.807, 2.05) is 84.9 Å². The van der Waals surface area contributed by atoms with Gasteiger partial charge in [-0.15, -0.1) is 0 Å². The molecule has 4 heterocycles. The van der Waals surface area contributed by atoms with Crippen molar-refractivity contribution >= 4 is 65.4 Å². The number of rotatable bonds is 7. The number of benzene rings is 10. The van der Waals surface area contributed by atoms with E-state index in [0.717, 1.165) is 88.8 Å². The summed E-state index contributed by atoms with van der Waals surface area (Å²) in [5, 5.41) is 17.8. The van der Waals surface area contributed by atoms with Gasteiger partial charge in [-0.25, -0.2) is 15.0 Å². The van der Waals surface area contributed by atoms with Gasteiger partial charge in [0.05, 0.1) is 44.7 Å². The molecular formula is C64H39N7. The average Bonchev–Trinajstić information content (AvgIpc) is 4.08. The second-order valence-electron chi connectivity index (χ2n) is 17.9. The molecule has 0 bridgehead atoms. The van der Waals surface area contributed by atoms with Crippen molar-refractivity contribution in [2.45, 2.75) is 0 Å². The molecule has 0 saturated heterocycles. The summed E-state index contributed by atoms with van der Waals surface area (Å²) < 4.78 is 7.14. The van der Waals surface area contributed by atoms with Crippen molar-refractivity contribution in [1.29, 1.82) is 5.26 Å². The number of para-hydroxylation sites is 4. The van der Waals surface area contributed by atoms with Gasteiger partial charge >= 0.3 is 0 Å². The van der Waals surface area contributed by atoms with E-state index in [-0.39, 0.29) is 0 Å². The lowest BCUT2D eigenvalue weighted by Crippen LogP contribution is -2.03. The summed E-state index contributed by atoms with van der Waals surface area (Å²) in [7, 11) is 0. The van der Waals surface area contributed by atoms with E-state index >= 15 is 0 Å². The normalized spacial score (nSPS) is 11.6. The van der Waals surface area contributed by atoms with Crippen LogP contribution in [0.1, 0.15) is 5.56 Å². The second-order valence-corrected chi connectivity index (χ2v) is 17.9. The van der Waals surface area contributed by atoms with E-state index in [2.05, 4.69) is 171 Å². The molecule has 0 spiro atoms. The Balaban J connectivity index is 1.07. The number of aromatic nitrogens is 6. The third-order valence-corrected chi connectivity index (χ3v) is 14.0. The molecule has 0 fully saturated rings. The highest BCUT2D eigenvalue weighted by Crippen LogP contribution is 2.42. The Bertz CT molecular complexity index is 4140. The lowest BCUT2D eigenvalue weighted by atomic mass is 9.94. The Morgan fingerprint density at radius 2 is 0.648 bits per heavy atom. The number of hydrogen-bond donors (Lipinski definition) is 0. The highest BCUT2D eigenvalue weighted by Gasteiger charge is 2.22. The van der Waals surface area contributed by atoms with Gasteiger partial charge in [-0.1, -0.05) is 164 Å². The molecule has 71 heavy (non-hydrogen) atoms. The van der Waals surface area contributed by atoms with Gasteiger partial charge in [-0.2, -0.15) is 5.26 Å². The molecule has 10 aromatic carbocycles. The quantitative estimate of drug-likeness (QED) is 0.160. The van der Waals surface area contributed by atoms with Crippen LogP contribution in [0.3, 0.4) is 0 Å². The molecule has 14 aromatic rings. The van der Waals surface area contributed by atoms with Gasteiger partial charge in [0, 0.05) is 71.6 Å². The highest BCUT2D eigenvalue weighted by molar-refractivity contribution is 6.14. The van der Waals surface area contributed by atoms with E-state index in [4.69, 9.17) is 15.0 Å². The van der Waals surface area contributed by atoms with Crippen molar-refractivity contribution in [1.82, 2.24) is 28.7 Å². The molecule has 0 atom stereocenters. The lowest BCUT2D eigenvalue weighted by Gasteiger charge is -2.17. The zero-order valence-electron chi connectivity index (χ0n) is 38.1. The number of hydrogen-bond acceptors (Lipinski definition) is 4. The monoisotopic (exact) mass is 905 g/mol. The van der Waals surface area contributed by atoms with E-state index in [0.29, 0.717) is 23.0 Å². The van der Waals surface area contributed by atoms with Crippen LogP contribution in [-0.2, 0) is 0 Å². The molecule has 7 heteroatoms. The zero-order valence-corrected chi connectivity index (χ0v) is 38.1. The summed E-state index contributed by atoms with van der Waals surface area (Å²) in [5.41, 5.74) is 14.4. The summed E-state index contributed by atoms with van der Waals surface area (Å²) in [6.07, 6.45) is 0. The predicted molar refractivity (Wildman–Crippen MR) is 289 cm³/mol. The molecule has 7 nitrogen and oxygen atoms in total. The minimum atomic E-state index is 0.511. The lowest BCUT2D eigenvalue weighted by molar-refractivity contribution is 1.07. The van der Waals surface area contributed by atoms with Gasteiger partial charge in [0.25, 0.3) is 0 Å².